The molecule has 0 unspecified atom stereocenters. The summed E-state index contributed by atoms with van der Waals surface area (Å²) >= 11 is 0. The third kappa shape index (κ3) is 7.12. The Bertz CT molecular complexity index is 679. The summed E-state index contributed by atoms with van der Waals surface area (Å²) in [5.74, 6) is 4.66. The van der Waals surface area contributed by atoms with Crippen molar-refractivity contribution in [2.45, 2.75) is 6.61 Å². The van der Waals surface area contributed by atoms with Crippen LogP contribution in [0.2, 0.25) is 0 Å². The lowest BCUT2D eigenvalue weighted by Gasteiger charge is -2.00. The molecule has 2 aromatic carbocycles. The Kier molecular flexibility index (Phi) is 7.18. The molecule has 0 spiro atoms. The number of ether oxygens (including phenoxy) is 2. The van der Waals surface area contributed by atoms with E-state index in [1.54, 1.807) is 6.08 Å². The summed E-state index contributed by atoms with van der Waals surface area (Å²) in [7, 11) is 0. The SMILES string of the molecule is O=C(C#Cc1ccccc1)OC/C=C/COCc1ccccc1. The molecule has 0 heterocycles. The van der Waals surface area contributed by atoms with Crippen molar-refractivity contribution in [1.82, 2.24) is 0 Å². The number of hydrogen-bond acceptors (Lipinski definition) is 3. The van der Waals surface area contributed by atoms with Crippen LogP contribution in [0.1, 0.15) is 11.1 Å². The molecule has 116 valence electrons. The molecule has 2 rings (SSSR count). The third-order valence-electron chi connectivity index (χ3n) is 2.89. The number of hydrogen-bond donors (Lipinski definition) is 0. The summed E-state index contributed by atoms with van der Waals surface area (Å²) in [5.41, 5.74) is 1.91. The van der Waals surface area contributed by atoms with Crippen LogP contribution in [0.3, 0.4) is 0 Å². The summed E-state index contributed by atoms with van der Waals surface area (Å²) in [6, 6.07) is 19.3. The lowest BCUT2D eigenvalue weighted by atomic mass is 10.2. The van der Waals surface area contributed by atoms with Gasteiger partial charge in [-0.1, -0.05) is 60.5 Å². The maximum Gasteiger partial charge on any atom is 0.385 e. The molecule has 0 radical (unpaired) electrons. The van der Waals surface area contributed by atoms with Gasteiger partial charge in [-0.25, -0.2) is 4.79 Å². The van der Waals surface area contributed by atoms with Gasteiger partial charge in [0.2, 0.25) is 0 Å². The summed E-state index contributed by atoms with van der Waals surface area (Å²) < 4.78 is 10.5. The smallest absolute Gasteiger partial charge is 0.385 e. The standard InChI is InChI=1S/C20H18O3/c21-20(14-13-18-9-3-1-4-10-18)23-16-8-7-15-22-17-19-11-5-2-6-12-19/h1-12H,15-17H2/b8-7+. The fourth-order valence-corrected chi connectivity index (χ4v) is 1.76. The van der Waals surface area contributed by atoms with Crippen LogP contribution in [-0.4, -0.2) is 19.2 Å². The molecule has 0 saturated heterocycles. The van der Waals surface area contributed by atoms with Gasteiger partial charge >= 0.3 is 5.97 Å². The number of carbonyl (C=O) groups excluding carboxylic acids is 1. The first-order chi connectivity index (χ1) is 11.3. The second-order valence-corrected chi connectivity index (χ2v) is 4.69. The zero-order valence-corrected chi connectivity index (χ0v) is 12.8. The second-order valence-electron chi connectivity index (χ2n) is 4.69. The van der Waals surface area contributed by atoms with Crippen molar-refractivity contribution >= 4 is 5.97 Å². The summed E-state index contributed by atoms with van der Waals surface area (Å²) in [4.78, 5) is 11.4. The van der Waals surface area contributed by atoms with Crippen LogP contribution in [0.15, 0.2) is 72.8 Å². The molecule has 0 bridgehead atoms. The molecule has 0 saturated carbocycles. The van der Waals surface area contributed by atoms with Gasteiger partial charge in [0.25, 0.3) is 0 Å². The second kappa shape index (κ2) is 9.99. The molecule has 0 aliphatic carbocycles. The predicted octanol–water partition coefficient (Wildman–Crippen LogP) is 3.35. The van der Waals surface area contributed by atoms with Gasteiger partial charge in [0.1, 0.15) is 6.61 Å². The molecular formula is C20H18O3. The molecule has 0 N–H and O–H groups in total. The minimum absolute atomic E-state index is 0.191. The minimum atomic E-state index is -0.538. The molecule has 0 aromatic heterocycles. The van der Waals surface area contributed by atoms with Crippen molar-refractivity contribution in [3.8, 4) is 11.8 Å². The topological polar surface area (TPSA) is 35.5 Å². The fourth-order valence-electron chi connectivity index (χ4n) is 1.76. The molecule has 3 heteroatoms. The number of benzene rings is 2. The molecule has 0 aliphatic rings. The fraction of sp³-hybridized carbons (Fsp3) is 0.150. The van der Waals surface area contributed by atoms with E-state index < -0.39 is 5.97 Å². The van der Waals surface area contributed by atoms with Crippen LogP contribution in [-0.2, 0) is 20.9 Å². The van der Waals surface area contributed by atoms with Crippen molar-refractivity contribution in [1.29, 1.82) is 0 Å². The Balaban J connectivity index is 1.59. The number of rotatable bonds is 6. The number of carbonyl (C=O) groups is 1. The molecular weight excluding hydrogens is 288 g/mol. The van der Waals surface area contributed by atoms with Crippen molar-refractivity contribution in [2.24, 2.45) is 0 Å². The van der Waals surface area contributed by atoms with Crippen LogP contribution >= 0.6 is 0 Å². The first-order valence-electron chi connectivity index (χ1n) is 7.35. The number of esters is 1. The highest BCUT2D eigenvalue weighted by Crippen LogP contribution is 2.00. The summed E-state index contributed by atoms with van der Waals surface area (Å²) in [6.07, 6.45) is 3.56. The first-order valence-corrected chi connectivity index (χ1v) is 7.35. The van der Waals surface area contributed by atoms with Gasteiger partial charge in [-0.15, -0.1) is 0 Å². The molecule has 0 atom stereocenters. The monoisotopic (exact) mass is 306 g/mol. The highest BCUT2D eigenvalue weighted by molar-refractivity contribution is 5.89. The van der Waals surface area contributed by atoms with Crippen molar-refractivity contribution in [3.63, 3.8) is 0 Å². The molecule has 0 fully saturated rings. The van der Waals surface area contributed by atoms with E-state index in [0.717, 1.165) is 11.1 Å². The van der Waals surface area contributed by atoms with Gasteiger partial charge in [0, 0.05) is 11.5 Å². The van der Waals surface area contributed by atoms with E-state index in [0.29, 0.717) is 13.2 Å². The maximum atomic E-state index is 11.4. The van der Waals surface area contributed by atoms with Crippen LogP contribution in [0.5, 0.6) is 0 Å². The Labute approximate surface area is 136 Å². The zero-order chi connectivity index (χ0) is 16.2. The lowest BCUT2D eigenvalue weighted by Crippen LogP contribution is -2.01. The third-order valence-corrected chi connectivity index (χ3v) is 2.89. The van der Waals surface area contributed by atoms with E-state index in [1.807, 2.05) is 66.7 Å². The van der Waals surface area contributed by atoms with Crippen molar-refractivity contribution in [3.05, 3.63) is 83.9 Å². The van der Waals surface area contributed by atoms with E-state index in [4.69, 9.17) is 9.47 Å². The van der Waals surface area contributed by atoms with Crippen LogP contribution in [0.4, 0.5) is 0 Å². The Morgan fingerprint density at radius 1 is 0.913 bits per heavy atom. The van der Waals surface area contributed by atoms with Gasteiger partial charge in [0.05, 0.1) is 13.2 Å². The molecule has 3 nitrogen and oxygen atoms in total. The van der Waals surface area contributed by atoms with Gasteiger partial charge in [-0.05, 0) is 23.8 Å². The molecule has 2 aromatic rings. The average molecular weight is 306 g/mol. The normalized spacial score (nSPS) is 10.1. The first kappa shape index (κ1) is 16.5. The van der Waals surface area contributed by atoms with Crippen molar-refractivity contribution < 1.29 is 14.3 Å². The molecule has 23 heavy (non-hydrogen) atoms. The maximum absolute atomic E-state index is 11.4. The van der Waals surface area contributed by atoms with Crippen LogP contribution in [0, 0.1) is 11.8 Å². The average Bonchev–Trinajstić information content (AvgIpc) is 2.61. The van der Waals surface area contributed by atoms with Crippen molar-refractivity contribution in [2.75, 3.05) is 13.2 Å². The van der Waals surface area contributed by atoms with Crippen LogP contribution in [0.25, 0.3) is 0 Å². The van der Waals surface area contributed by atoms with E-state index in [2.05, 4.69) is 11.8 Å². The summed E-state index contributed by atoms with van der Waals surface area (Å²) in [6.45, 7) is 1.23. The Morgan fingerprint density at radius 2 is 1.57 bits per heavy atom. The van der Waals surface area contributed by atoms with E-state index >= 15 is 0 Å². The molecule has 0 aliphatic heterocycles. The van der Waals surface area contributed by atoms with E-state index in [9.17, 15) is 4.79 Å². The highest BCUT2D eigenvalue weighted by atomic mass is 16.5. The highest BCUT2D eigenvalue weighted by Gasteiger charge is 1.94. The van der Waals surface area contributed by atoms with Gasteiger partial charge in [-0.3, -0.25) is 0 Å². The zero-order valence-electron chi connectivity index (χ0n) is 12.8. The van der Waals surface area contributed by atoms with E-state index in [1.165, 1.54) is 0 Å². The Morgan fingerprint density at radius 3 is 2.30 bits per heavy atom. The van der Waals surface area contributed by atoms with E-state index in [-0.39, 0.29) is 6.61 Å². The predicted molar refractivity (Wildman–Crippen MR) is 89.5 cm³/mol. The van der Waals surface area contributed by atoms with Gasteiger partial charge < -0.3 is 9.47 Å². The minimum Gasteiger partial charge on any atom is -0.452 e. The largest absolute Gasteiger partial charge is 0.452 e. The van der Waals surface area contributed by atoms with Crippen LogP contribution < -0.4 is 0 Å². The lowest BCUT2D eigenvalue weighted by molar-refractivity contribution is -0.135. The Hall–Kier alpha value is -2.83. The summed E-state index contributed by atoms with van der Waals surface area (Å²) in [5, 5.41) is 0. The van der Waals surface area contributed by atoms with Gasteiger partial charge in [0.15, 0.2) is 0 Å². The quantitative estimate of drug-likeness (QED) is 0.355. The molecule has 0 amide bonds. The van der Waals surface area contributed by atoms with Gasteiger partial charge in [-0.2, -0.15) is 0 Å².